The van der Waals surface area contributed by atoms with Crippen molar-refractivity contribution in [1.29, 1.82) is 10.5 Å². The number of nitriles is 2. The van der Waals surface area contributed by atoms with Gasteiger partial charge in [0.05, 0.1) is 11.6 Å². The Labute approximate surface area is 120 Å². The van der Waals surface area contributed by atoms with Gasteiger partial charge in [-0.15, -0.1) is 5.10 Å². The van der Waals surface area contributed by atoms with Gasteiger partial charge in [-0.1, -0.05) is 18.2 Å². The SMILES string of the molecule is N#C/C(=C\c1c[nH]c2ccccc12)C1=NN=C(N)C1C#N. The first-order chi connectivity index (χ1) is 10.2. The zero-order valence-electron chi connectivity index (χ0n) is 10.9. The largest absolute Gasteiger partial charge is 0.384 e. The highest BCUT2D eigenvalue weighted by atomic mass is 15.3. The van der Waals surface area contributed by atoms with Crippen molar-refractivity contribution in [2.45, 2.75) is 0 Å². The van der Waals surface area contributed by atoms with E-state index in [0.29, 0.717) is 5.71 Å². The Kier molecular flexibility index (Phi) is 2.98. The lowest BCUT2D eigenvalue weighted by molar-refractivity contribution is 1.21. The summed E-state index contributed by atoms with van der Waals surface area (Å²) in [5.74, 6) is -0.645. The highest BCUT2D eigenvalue weighted by Gasteiger charge is 2.28. The van der Waals surface area contributed by atoms with Crippen LogP contribution in [0.5, 0.6) is 0 Å². The predicted octanol–water partition coefficient (Wildman–Crippen LogP) is 1.94. The minimum absolute atomic E-state index is 0.118. The van der Waals surface area contributed by atoms with E-state index in [0.717, 1.165) is 16.5 Å². The fraction of sp³-hybridized carbons (Fsp3) is 0.0667. The molecular formula is C15H10N6. The second-order valence-corrected chi connectivity index (χ2v) is 4.53. The normalized spacial score (nSPS) is 18.0. The Bertz CT molecular complexity index is 885. The van der Waals surface area contributed by atoms with E-state index in [4.69, 9.17) is 11.0 Å². The van der Waals surface area contributed by atoms with Crippen LogP contribution in [0, 0.1) is 28.6 Å². The molecule has 6 heteroatoms. The van der Waals surface area contributed by atoms with Crippen LogP contribution in [0.3, 0.4) is 0 Å². The second kappa shape index (κ2) is 4.95. The number of aromatic nitrogens is 1. The van der Waals surface area contributed by atoms with Crippen LogP contribution in [0.15, 0.2) is 46.2 Å². The van der Waals surface area contributed by atoms with Crippen LogP contribution in [0.1, 0.15) is 5.56 Å². The number of rotatable bonds is 2. The minimum atomic E-state index is -0.763. The lowest BCUT2D eigenvalue weighted by atomic mass is 9.96. The molecule has 0 fully saturated rings. The molecule has 6 nitrogen and oxygen atoms in total. The number of nitrogens with two attached hydrogens (primary N) is 1. The molecule has 0 spiro atoms. The van der Waals surface area contributed by atoms with Crippen molar-refractivity contribution >= 4 is 28.5 Å². The summed E-state index contributed by atoms with van der Waals surface area (Å²) in [6, 6.07) is 11.8. The first kappa shape index (κ1) is 12.6. The number of aromatic amines is 1. The van der Waals surface area contributed by atoms with Crippen molar-refractivity contribution in [3.05, 3.63) is 41.6 Å². The van der Waals surface area contributed by atoms with Crippen molar-refractivity contribution in [3.63, 3.8) is 0 Å². The molecule has 0 radical (unpaired) electrons. The van der Waals surface area contributed by atoms with Crippen LogP contribution in [0.25, 0.3) is 17.0 Å². The van der Waals surface area contributed by atoms with Gasteiger partial charge >= 0.3 is 0 Å². The summed E-state index contributed by atoms with van der Waals surface area (Å²) in [5, 5.41) is 27.0. The summed E-state index contributed by atoms with van der Waals surface area (Å²) in [4.78, 5) is 3.13. The van der Waals surface area contributed by atoms with Gasteiger partial charge < -0.3 is 10.7 Å². The molecule has 0 saturated carbocycles. The van der Waals surface area contributed by atoms with Gasteiger partial charge in [-0.2, -0.15) is 15.6 Å². The fourth-order valence-electron chi connectivity index (χ4n) is 2.24. The highest BCUT2D eigenvalue weighted by Crippen LogP contribution is 2.23. The van der Waals surface area contributed by atoms with E-state index >= 15 is 0 Å². The number of H-pyrrole nitrogens is 1. The maximum atomic E-state index is 9.35. The molecule has 1 unspecified atom stereocenters. The topological polar surface area (TPSA) is 114 Å². The monoisotopic (exact) mass is 274 g/mol. The molecule has 1 aliphatic heterocycles. The van der Waals surface area contributed by atoms with Crippen LogP contribution in [-0.4, -0.2) is 16.5 Å². The standard InChI is InChI=1S/C15H10N6/c16-6-9(14-12(7-17)15(18)21-20-14)5-10-8-19-13-4-2-1-3-11(10)13/h1-5,8,12,19H,(H2,18,21)/b9-5+. The van der Waals surface area contributed by atoms with Gasteiger partial charge in [0, 0.05) is 22.7 Å². The molecule has 2 aromatic rings. The average Bonchev–Trinajstić information content (AvgIpc) is 3.08. The molecule has 1 aliphatic rings. The number of amidine groups is 1. The van der Waals surface area contributed by atoms with E-state index < -0.39 is 5.92 Å². The van der Waals surface area contributed by atoms with Crippen molar-refractivity contribution < 1.29 is 0 Å². The van der Waals surface area contributed by atoms with Crippen molar-refractivity contribution in [1.82, 2.24) is 4.98 Å². The Morgan fingerprint density at radius 1 is 1.29 bits per heavy atom. The summed E-state index contributed by atoms with van der Waals surface area (Å²) in [6.45, 7) is 0. The molecule has 0 aliphatic carbocycles. The van der Waals surface area contributed by atoms with Gasteiger partial charge in [0.1, 0.15) is 17.6 Å². The number of allylic oxidation sites excluding steroid dienone is 1. The highest BCUT2D eigenvalue weighted by molar-refractivity contribution is 6.21. The fourth-order valence-corrected chi connectivity index (χ4v) is 2.24. The molecule has 0 amide bonds. The molecule has 3 N–H and O–H groups in total. The summed E-state index contributed by atoms with van der Waals surface area (Å²) in [6.07, 6.45) is 3.50. The third-order valence-electron chi connectivity index (χ3n) is 3.29. The van der Waals surface area contributed by atoms with E-state index in [-0.39, 0.29) is 11.4 Å². The zero-order chi connectivity index (χ0) is 14.8. The van der Waals surface area contributed by atoms with E-state index in [1.54, 1.807) is 6.08 Å². The van der Waals surface area contributed by atoms with E-state index in [1.165, 1.54) is 0 Å². The van der Waals surface area contributed by atoms with Crippen molar-refractivity contribution in [2.24, 2.45) is 21.9 Å². The maximum Gasteiger partial charge on any atom is 0.150 e. The predicted molar refractivity (Wildman–Crippen MR) is 80.0 cm³/mol. The number of hydrogen-bond donors (Lipinski definition) is 2. The molecule has 0 saturated heterocycles. The summed E-state index contributed by atoms with van der Waals surface area (Å²) in [5.41, 5.74) is 8.02. The summed E-state index contributed by atoms with van der Waals surface area (Å²) in [7, 11) is 0. The van der Waals surface area contributed by atoms with Crippen LogP contribution >= 0.6 is 0 Å². The number of benzene rings is 1. The first-order valence-corrected chi connectivity index (χ1v) is 6.23. The lowest BCUT2D eigenvalue weighted by Crippen LogP contribution is -2.26. The van der Waals surface area contributed by atoms with E-state index in [1.807, 2.05) is 36.5 Å². The molecule has 1 aromatic heterocycles. The lowest BCUT2D eigenvalue weighted by Gasteiger charge is -2.03. The number of fused-ring (bicyclic) bond motifs is 1. The van der Waals surface area contributed by atoms with Gasteiger partial charge in [-0.25, -0.2) is 0 Å². The Morgan fingerprint density at radius 3 is 2.86 bits per heavy atom. The molecule has 3 rings (SSSR count). The quantitative estimate of drug-likeness (QED) is 0.815. The van der Waals surface area contributed by atoms with E-state index in [2.05, 4.69) is 21.3 Å². The molecule has 21 heavy (non-hydrogen) atoms. The van der Waals surface area contributed by atoms with Crippen LogP contribution in [0.2, 0.25) is 0 Å². The molecule has 2 heterocycles. The van der Waals surface area contributed by atoms with Crippen LogP contribution in [-0.2, 0) is 0 Å². The summed E-state index contributed by atoms with van der Waals surface area (Å²) >= 11 is 0. The van der Waals surface area contributed by atoms with Crippen molar-refractivity contribution in [3.8, 4) is 12.1 Å². The molecule has 0 bridgehead atoms. The van der Waals surface area contributed by atoms with Gasteiger partial charge in [0.15, 0.2) is 5.92 Å². The third kappa shape index (κ3) is 2.05. The van der Waals surface area contributed by atoms with Gasteiger partial charge in [-0.3, -0.25) is 0 Å². The second-order valence-electron chi connectivity index (χ2n) is 4.53. The third-order valence-corrected chi connectivity index (χ3v) is 3.29. The number of para-hydroxylation sites is 1. The number of hydrogen-bond acceptors (Lipinski definition) is 5. The number of nitrogens with zero attached hydrogens (tertiary/aromatic N) is 4. The Balaban J connectivity index is 2.06. The minimum Gasteiger partial charge on any atom is -0.384 e. The van der Waals surface area contributed by atoms with Gasteiger partial charge in [0.2, 0.25) is 0 Å². The Hall–Kier alpha value is -3.38. The molecular weight excluding hydrogens is 264 g/mol. The zero-order valence-corrected chi connectivity index (χ0v) is 10.9. The Morgan fingerprint density at radius 2 is 2.10 bits per heavy atom. The van der Waals surface area contributed by atoms with E-state index in [9.17, 15) is 5.26 Å². The first-order valence-electron chi connectivity index (χ1n) is 6.23. The molecule has 1 aromatic carbocycles. The van der Waals surface area contributed by atoms with Crippen LogP contribution in [0.4, 0.5) is 0 Å². The van der Waals surface area contributed by atoms with Gasteiger partial charge in [-0.05, 0) is 12.1 Å². The average molecular weight is 274 g/mol. The maximum absolute atomic E-state index is 9.35. The smallest absolute Gasteiger partial charge is 0.150 e. The molecule has 1 atom stereocenters. The van der Waals surface area contributed by atoms with Gasteiger partial charge in [0.25, 0.3) is 0 Å². The number of nitrogens with one attached hydrogen (secondary N) is 1. The summed E-state index contributed by atoms with van der Waals surface area (Å²) < 4.78 is 0. The molecule has 100 valence electrons. The van der Waals surface area contributed by atoms with Crippen LogP contribution < -0.4 is 5.73 Å². The van der Waals surface area contributed by atoms with Crippen molar-refractivity contribution in [2.75, 3.05) is 0 Å².